The average Bonchev–Trinajstić information content (AvgIpc) is 2.95. The quantitative estimate of drug-likeness (QED) is 0.305. The average molecular weight is 580 g/mol. The molecule has 0 fully saturated rings. The molecule has 0 radical (unpaired) electrons. The van der Waals surface area contributed by atoms with E-state index in [4.69, 9.17) is 4.74 Å². The fourth-order valence-electron chi connectivity index (χ4n) is 4.50. The normalized spacial score (nSPS) is 12.1. The molecule has 2 amide bonds. The number of para-hydroxylation sites is 2. The van der Waals surface area contributed by atoms with Crippen molar-refractivity contribution in [2.24, 2.45) is 5.92 Å². The van der Waals surface area contributed by atoms with Crippen LogP contribution < -0.4 is 14.4 Å². The topological polar surface area (TPSA) is 96.0 Å². The first-order valence-corrected chi connectivity index (χ1v) is 15.3. The lowest BCUT2D eigenvalue weighted by Gasteiger charge is -2.34. The summed E-state index contributed by atoms with van der Waals surface area (Å²) in [6, 6.07) is 20.0. The van der Waals surface area contributed by atoms with Gasteiger partial charge in [-0.15, -0.1) is 0 Å². The molecule has 1 atom stereocenters. The zero-order chi connectivity index (χ0) is 30.2. The number of amides is 2. The van der Waals surface area contributed by atoms with E-state index in [0.717, 1.165) is 21.0 Å². The van der Waals surface area contributed by atoms with Crippen molar-refractivity contribution < 1.29 is 22.7 Å². The molecule has 3 aromatic carbocycles. The minimum Gasteiger partial charge on any atom is -0.495 e. The van der Waals surface area contributed by atoms with Crippen molar-refractivity contribution in [3.8, 4) is 5.75 Å². The Morgan fingerprint density at radius 1 is 0.927 bits per heavy atom. The number of nitrogens with zero attached hydrogens (tertiary/aromatic N) is 2. The number of nitrogens with one attached hydrogen (secondary N) is 1. The van der Waals surface area contributed by atoms with Gasteiger partial charge < -0.3 is 15.0 Å². The Morgan fingerprint density at radius 3 is 2.17 bits per heavy atom. The van der Waals surface area contributed by atoms with E-state index < -0.39 is 28.5 Å². The van der Waals surface area contributed by atoms with Crippen molar-refractivity contribution in [3.63, 3.8) is 0 Å². The van der Waals surface area contributed by atoms with Crippen molar-refractivity contribution in [3.05, 3.63) is 89.5 Å². The van der Waals surface area contributed by atoms with Gasteiger partial charge in [0.25, 0.3) is 10.0 Å². The number of sulfonamides is 1. The zero-order valence-electron chi connectivity index (χ0n) is 24.8. The van der Waals surface area contributed by atoms with Crippen molar-refractivity contribution in [1.82, 2.24) is 10.2 Å². The summed E-state index contributed by atoms with van der Waals surface area (Å²) in [4.78, 5) is 29.1. The molecular weight excluding hydrogens is 538 g/mol. The number of hydrogen-bond acceptors (Lipinski definition) is 5. The lowest BCUT2D eigenvalue weighted by Crippen LogP contribution is -2.52. The van der Waals surface area contributed by atoms with Gasteiger partial charge in [-0.1, -0.05) is 74.9 Å². The molecule has 3 aromatic rings. The van der Waals surface area contributed by atoms with Crippen molar-refractivity contribution in [2.45, 2.75) is 58.5 Å². The summed E-state index contributed by atoms with van der Waals surface area (Å²) >= 11 is 0. The van der Waals surface area contributed by atoms with Gasteiger partial charge in [0.05, 0.1) is 17.7 Å². The maximum absolute atomic E-state index is 14.2. The van der Waals surface area contributed by atoms with Crippen LogP contribution in [0.4, 0.5) is 5.69 Å². The first kappa shape index (κ1) is 31.7. The second-order valence-electron chi connectivity index (χ2n) is 10.5. The van der Waals surface area contributed by atoms with Crippen LogP contribution in [-0.4, -0.2) is 51.4 Å². The lowest BCUT2D eigenvalue weighted by molar-refractivity contribution is -0.140. The van der Waals surface area contributed by atoms with Crippen LogP contribution in [0.1, 0.15) is 43.9 Å². The van der Waals surface area contributed by atoms with Crippen LogP contribution in [0, 0.1) is 19.8 Å². The Balaban J connectivity index is 2.09. The minimum absolute atomic E-state index is 0.0500. The zero-order valence-corrected chi connectivity index (χ0v) is 25.6. The Hall–Kier alpha value is -3.85. The summed E-state index contributed by atoms with van der Waals surface area (Å²) in [5.74, 6) is -0.226. The Bertz CT molecular complexity index is 1440. The van der Waals surface area contributed by atoms with E-state index >= 15 is 0 Å². The first-order chi connectivity index (χ1) is 19.5. The van der Waals surface area contributed by atoms with Gasteiger partial charge in [-0.2, -0.15) is 0 Å². The predicted molar refractivity (Wildman–Crippen MR) is 162 cm³/mol. The van der Waals surface area contributed by atoms with Gasteiger partial charge in [-0.25, -0.2) is 8.42 Å². The first-order valence-electron chi connectivity index (χ1n) is 13.8. The number of methoxy groups -OCH3 is 1. The SMILES string of the molecule is CCC(C(=O)NCC(C)C)N(Cc1ccccc1C)C(=O)CN(c1ccccc1OC)S(=O)(=O)c1ccc(C)cc1. The summed E-state index contributed by atoms with van der Waals surface area (Å²) in [6.07, 6.45) is 0.362. The Morgan fingerprint density at radius 2 is 1.56 bits per heavy atom. The summed E-state index contributed by atoms with van der Waals surface area (Å²) < 4.78 is 34.7. The number of rotatable bonds is 13. The van der Waals surface area contributed by atoms with Gasteiger partial charge in [-0.05, 0) is 61.6 Å². The molecule has 0 saturated carbocycles. The Kier molecular flexibility index (Phi) is 10.9. The molecule has 1 unspecified atom stereocenters. The van der Waals surface area contributed by atoms with E-state index in [0.29, 0.717) is 18.7 Å². The van der Waals surface area contributed by atoms with Gasteiger partial charge in [0.1, 0.15) is 18.3 Å². The maximum Gasteiger partial charge on any atom is 0.264 e. The van der Waals surface area contributed by atoms with E-state index in [2.05, 4.69) is 5.32 Å². The van der Waals surface area contributed by atoms with Crippen LogP contribution >= 0.6 is 0 Å². The molecule has 0 aliphatic heterocycles. The molecule has 0 aliphatic rings. The highest BCUT2D eigenvalue weighted by molar-refractivity contribution is 7.92. The van der Waals surface area contributed by atoms with Crippen LogP contribution in [0.5, 0.6) is 5.75 Å². The molecule has 41 heavy (non-hydrogen) atoms. The third-order valence-electron chi connectivity index (χ3n) is 6.91. The van der Waals surface area contributed by atoms with Gasteiger partial charge in [0.2, 0.25) is 11.8 Å². The van der Waals surface area contributed by atoms with E-state index in [1.54, 1.807) is 36.4 Å². The summed E-state index contributed by atoms with van der Waals surface area (Å²) in [5, 5.41) is 2.95. The molecule has 0 bridgehead atoms. The van der Waals surface area contributed by atoms with Crippen molar-refractivity contribution in [1.29, 1.82) is 0 Å². The maximum atomic E-state index is 14.2. The Labute approximate surface area is 244 Å². The number of anilines is 1. The highest BCUT2D eigenvalue weighted by Gasteiger charge is 2.34. The molecule has 0 aliphatic carbocycles. The number of aryl methyl sites for hydroxylation is 2. The van der Waals surface area contributed by atoms with Crippen LogP contribution in [-0.2, 0) is 26.2 Å². The summed E-state index contributed by atoms with van der Waals surface area (Å²) in [6.45, 7) is 9.77. The number of hydrogen-bond donors (Lipinski definition) is 1. The van der Waals surface area contributed by atoms with E-state index in [1.807, 2.05) is 58.9 Å². The molecule has 0 saturated heterocycles. The third-order valence-corrected chi connectivity index (χ3v) is 8.69. The fraction of sp³-hybridized carbons (Fsp3) is 0.375. The van der Waals surface area contributed by atoms with Crippen LogP contribution in [0.2, 0.25) is 0 Å². The summed E-state index contributed by atoms with van der Waals surface area (Å²) in [5.41, 5.74) is 2.99. The van der Waals surface area contributed by atoms with Gasteiger partial charge in [0.15, 0.2) is 0 Å². The molecule has 0 aromatic heterocycles. The predicted octanol–water partition coefficient (Wildman–Crippen LogP) is 5.09. The number of carbonyl (C=O) groups is 2. The van der Waals surface area contributed by atoms with E-state index in [-0.39, 0.29) is 29.0 Å². The molecule has 0 heterocycles. The second kappa shape index (κ2) is 14.2. The van der Waals surface area contributed by atoms with Gasteiger partial charge in [-0.3, -0.25) is 13.9 Å². The number of benzene rings is 3. The van der Waals surface area contributed by atoms with Crippen LogP contribution in [0.3, 0.4) is 0 Å². The number of carbonyl (C=O) groups excluding carboxylic acids is 2. The van der Waals surface area contributed by atoms with Gasteiger partial charge in [0, 0.05) is 13.1 Å². The molecule has 3 rings (SSSR count). The highest BCUT2D eigenvalue weighted by Crippen LogP contribution is 2.32. The highest BCUT2D eigenvalue weighted by atomic mass is 32.2. The van der Waals surface area contributed by atoms with Crippen molar-refractivity contribution >= 4 is 27.5 Å². The standard InChI is InChI=1S/C32H41N3O5S/c1-7-28(32(37)33-20-23(2)3)34(21-26-13-9-8-12-25(26)5)31(36)22-35(29-14-10-11-15-30(29)40-6)41(38,39)27-18-16-24(4)17-19-27/h8-19,23,28H,7,20-22H2,1-6H3,(H,33,37). The van der Waals surface area contributed by atoms with Crippen LogP contribution in [0.15, 0.2) is 77.7 Å². The molecule has 9 heteroatoms. The van der Waals surface area contributed by atoms with E-state index in [1.165, 1.54) is 24.1 Å². The molecule has 1 N–H and O–H groups in total. The number of ether oxygens (including phenoxy) is 1. The largest absolute Gasteiger partial charge is 0.495 e. The van der Waals surface area contributed by atoms with Crippen molar-refractivity contribution in [2.75, 3.05) is 24.5 Å². The van der Waals surface area contributed by atoms with Gasteiger partial charge >= 0.3 is 0 Å². The lowest BCUT2D eigenvalue weighted by atomic mass is 10.1. The smallest absolute Gasteiger partial charge is 0.264 e. The second-order valence-corrected chi connectivity index (χ2v) is 12.4. The summed E-state index contributed by atoms with van der Waals surface area (Å²) in [7, 11) is -2.73. The molecular formula is C32H41N3O5S. The molecule has 8 nitrogen and oxygen atoms in total. The molecule has 220 valence electrons. The minimum atomic E-state index is -4.18. The van der Waals surface area contributed by atoms with E-state index in [9.17, 15) is 18.0 Å². The molecule has 0 spiro atoms. The van der Waals surface area contributed by atoms with Crippen LogP contribution in [0.25, 0.3) is 0 Å². The monoisotopic (exact) mass is 579 g/mol. The third kappa shape index (κ3) is 7.88. The fourth-order valence-corrected chi connectivity index (χ4v) is 5.92.